The zero-order valence-electron chi connectivity index (χ0n) is 13.9. The lowest BCUT2D eigenvalue weighted by Crippen LogP contribution is -2.34. The summed E-state index contributed by atoms with van der Waals surface area (Å²) in [5, 5.41) is 15.1. The second-order valence-electron chi connectivity index (χ2n) is 5.56. The first-order valence-corrected chi connectivity index (χ1v) is 8.35. The topological polar surface area (TPSA) is 74.5 Å². The molecule has 0 saturated heterocycles. The maximum atomic E-state index is 11.7. The second kappa shape index (κ2) is 8.61. The van der Waals surface area contributed by atoms with E-state index in [2.05, 4.69) is 10.6 Å². The number of unbranched alkanes of at least 4 members (excludes halogenated alkanes) is 1. The van der Waals surface area contributed by atoms with Gasteiger partial charge >= 0.3 is 0 Å². The lowest BCUT2D eigenvalue weighted by atomic mass is 10.1. The van der Waals surface area contributed by atoms with Crippen molar-refractivity contribution < 1.29 is 14.3 Å². The van der Waals surface area contributed by atoms with Crippen LogP contribution in [-0.2, 0) is 11.4 Å². The number of hydrogen-bond donors (Lipinski definition) is 3. The summed E-state index contributed by atoms with van der Waals surface area (Å²) in [5.74, 6) is 1.10. The van der Waals surface area contributed by atoms with Crippen molar-refractivity contribution in [2.75, 3.05) is 5.32 Å². The molecule has 5 nitrogen and oxygen atoms in total. The Kier molecular flexibility index (Phi) is 6.52. The van der Waals surface area contributed by atoms with E-state index in [-0.39, 0.29) is 17.6 Å². The summed E-state index contributed by atoms with van der Waals surface area (Å²) in [6, 6.07) is 9.33. The van der Waals surface area contributed by atoms with Crippen molar-refractivity contribution in [2.24, 2.45) is 0 Å². The number of carbonyl (C=O) groups excluding carboxylic acids is 1. The van der Waals surface area contributed by atoms with Crippen molar-refractivity contribution in [2.45, 2.75) is 39.7 Å². The van der Waals surface area contributed by atoms with Crippen molar-refractivity contribution in [1.29, 1.82) is 0 Å². The van der Waals surface area contributed by atoms with Crippen LogP contribution < -0.4 is 10.6 Å². The molecule has 0 atom stereocenters. The number of rotatable bonds is 6. The van der Waals surface area contributed by atoms with Crippen LogP contribution in [0.25, 0.3) is 11.3 Å². The van der Waals surface area contributed by atoms with Gasteiger partial charge in [-0.25, -0.2) is 0 Å². The van der Waals surface area contributed by atoms with Crippen LogP contribution in [0.15, 0.2) is 34.7 Å². The molecule has 1 aromatic heterocycles. The van der Waals surface area contributed by atoms with Crippen molar-refractivity contribution in [3.05, 3.63) is 41.7 Å². The smallest absolute Gasteiger partial charge is 0.226 e. The highest BCUT2D eigenvalue weighted by Crippen LogP contribution is 2.27. The molecule has 2 aromatic rings. The van der Waals surface area contributed by atoms with Gasteiger partial charge in [0.1, 0.15) is 18.1 Å². The van der Waals surface area contributed by atoms with E-state index in [0.717, 1.165) is 29.7 Å². The summed E-state index contributed by atoms with van der Waals surface area (Å²) < 4.78 is 5.55. The van der Waals surface area contributed by atoms with Gasteiger partial charge in [-0.2, -0.15) is 0 Å². The summed E-state index contributed by atoms with van der Waals surface area (Å²) >= 11 is 5.21. The Morgan fingerprint density at radius 2 is 2.08 bits per heavy atom. The van der Waals surface area contributed by atoms with Crippen LogP contribution in [0.5, 0.6) is 0 Å². The highest BCUT2D eigenvalue weighted by molar-refractivity contribution is 7.80. The van der Waals surface area contributed by atoms with E-state index in [9.17, 15) is 4.79 Å². The van der Waals surface area contributed by atoms with Crippen molar-refractivity contribution >= 4 is 28.9 Å². The van der Waals surface area contributed by atoms with Gasteiger partial charge in [0, 0.05) is 17.7 Å². The lowest BCUT2D eigenvalue weighted by molar-refractivity contribution is -0.119. The van der Waals surface area contributed by atoms with Gasteiger partial charge in [-0.05, 0) is 49.3 Å². The number of aliphatic hydroxyl groups is 1. The molecule has 0 unspecified atom stereocenters. The zero-order chi connectivity index (χ0) is 17.5. The number of carbonyl (C=O) groups is 1. The van der Waals surface area contributed by atoms with E-state index < -0.39 is 0 Å². The van der Waals surface area contributed by atoms with Crippen LogP contribution in [0.1, 0.15) is 37.5 Å². The molecular formula is C18H22N2O3S. The van der Waals surface area contributed by atoms with Crippen molar-refractivity contribution in [1.82, 2.24) is 5.32 Å². The van der Waals surface area contributed by atoms with Crippen LogP contribution in [0, 0.1) is 6.92 Å². The fraction of sp³-hybridized carbons (Fsp3) is 0.333. The molecule has 0 saturated carbocycles. The molecule has 2 rings (SSSR count). The Balaban J connectivity index is 2.08. The van der Waals surface area contributed by atoms with Gasteiger partial charge < -0.3 is 20.2 Å². The molecule has 0 radical (unpaired) electrons. The van der Waals surface area contributed by atoms with Crippen molar-refractivity contribution in [3.63, 3.8) is 0 Å². The van der Waals surface area contributed by atoms with E-state index in [4.69, 9.17) is 21.7 Å². The van der Waals surface area contributed by atoms with Crippen LogP contribution in [0.4, 0.5) is 5.69 Å². The van der Waals surface area contributed by atoms with Gasteiger partial charge in [-0.3, -0.25) is 4.79 Å². The third-order valence-corrected chi connectivity index (χ3v) is 3.80. The van der Waals surface area contributed by atoms with Crippen molar-refractivity contribution in [3.8, 4) is 11.3 Å². The Hall–Kier alpha value is -2.18. The molecule has 1 amide bonds. The predicted molar refractivity (Wildman–Crippen MR) is 98.7 cm³/mol. The van der Waals surface area contributed by atoms with Crippen LogP contribution in [-0.4, -0.2) is 16.1 Å². The molecule has 0 bridgehead atoms. The molecule has 0 aliphatic heterocycles. The predicted octanol–water partition coefficient (Wildman–Crippen LogP) is 3.75. The maximum Gasteiger partial charge on any atom is 0.226 e. The average Bonchev–Trinajstić information content (AvgIpc) is 3.04. The minimum absolute atomic E-state index is 0.0817. The number of thiocarbonyl (C=S) groups is 1. The molecule has 128 valence electrons. The van der Waals surface area contributed by atoms with E-state index in [1.165, 1.54) is 0 Å². The lowest BCUT2D eigenvalue weighted by Gasteiger charge is -2.12. The molecule has 0 fully saturated rings. The van der Waals surface area contributed by atoms with Crippen LogP contribution in [0.2, 0.25) is 0 Å². The van der Waals surface area contributed by atoms with Crippen LogP contribution >= 0.6 is 12.2 Å². The number of aliphatic hydroxyl groups excluding tert-OH is 1. The van der Waals surface area contributed by atoms with E-state index in [0.29, 0.717) is 17.9 Å². The van der Waals surface area contributed by atoms with Gasteiger partial charge in [0.2, 0.25) is 5.91 Å². The largest absolute Gasteiger partial charge is 0.459 e. The number of benzene rings is 1. The quantitative estimate of drug-likeness (QED) is 0.695. The fourth-order valence-electron chi connectivity index (χ4n) is 2.21. The summed E-state index contributed by atoms with van der Waals surface area (Å²) in [6.07, 6.45) is 2.27. The minimum Gasteiger partial charge on any atom is -0.459 e. The Morgan fingerprint density at radius 1 is 1.29 bits per heavy atom. The first kappa shape index (κ1) is 18.2. The third-order valence-electron chi connectivity index (χ3n) is 3.60. The van der Waals surface area contributed by atoms with Gasteiger partial charge in [-0.15, -0.1) is 0 Å². The summed E-state index contributed by atoms with van der Waals surface area (Å²) in [6.45, 7) is 3.86. The molecule has 1 aromatic carbocycles. The summed E-state index contributed by atoms with van der Waals surface area (Å²) in [7, 11) is 0. The number of nitrogens with one attached hydrogen (secondary N) is 2. The third kappa shape index (κ3) is 4.91. The Bertz CT molecular complexity index is 725. The SMILES string of the molecule is CCCCC(=O)NC(=S)Nc1cc(-c2ccc(CO)o2)ccc1C. The number of aryl methyl sites for hydroxylation is 1. The number of anilines is 1. The average molecular weight is 346 g/mol. The fourth-order valence-corrected chi connectivity index (χ4v) is 2.43. The highest BCUT2D eigenvalue weighted by atomic mass is 32.1. The van der Waals surface area contributed by atoms with E-state index in [1.54, 1.807) is 6.07 Å². The van der Waals surface area contributed by atoms with E-state index in [1.807, 2.05) is 38.1 Å². The minimum atomic E-state index is -0.134. The van der Waals surface area contributed by atoms with Crippen LogP contribution in [0.3, 0.4) is 0 Å². The molecular weight excluding hydrogens is 324 g/mol. The normalized spacial score (nSPS) is 10.5. The standard InChI is InChI=1S/C18H22N2O3S/c1-3-4-5-17(22)20-18(24)19-15-10-13(7-6-12(15)2)16-9-8-14(11-21)23-16/h6-10,21H,3-5,11H2,1-2H3,(H2,19,20,22,24). The first-order chi connectivity index (χ1) is 11.5. The second-order valence-corrected chi connectivity index (χ2v) is 5.97. The van der Waals surface area contributed by atoms with Gasteiger partial charge in [0.15, 0.2) is 5.11 Å². The molecule has 3 N–H and O–H groups in total. The highest BCUT2D eigenvalue weighted by Gasteiger charge is 2.09. The van der Waals surface area contributed by atoms with Gasteiger partial charge in [0.25, 0.3) is 0 Å². The molecule has 0 aliphatic rings. The molecule has 0 aliphatic carbocycles. The number of furan rings is 1. The Labute approximate surface area is 147 Å². The zero-order valence-corrected chi connectivity index (χ0v) is 14.7. The molecule has 0 spiro atoms. The van der Waals surface area contributed by atoms with E-state index >= 15 is 0 Å². The monoisotopic (exact) mass is 346 g/mol. The molecule has 24 heavy (non-hydrogen) atoms. The van der Waals surface area contributed by atoms with Gasteiger partial charge in [-0.1, -0.05) is 25.5 Å². The number of amides is 1. The molecule has 1 heterocycles. The summed E-state index contributed by atoms with van der Waals surface area (Å²) in [4.78, 5) is 11.7. The first-order valence-electron chi connectivity index (χ1n) is 7.95. The maximum absolute atomic E-state index is 11.7. The Morgan fingerprint density at radius 3 is 2.75 bits per heavy atom. The van der Waals surface area contributed by atoms with Gasteiger partial charge in [0.05, 0.1) is 0 Å². The number of hydrogen-bond acceptors (Lipinski definition) is 4. The summed E-state index contributed by atoms with van der Waals surface area (Å²) in [5.41, 5.74) is 2.66. The molecule has 6 heteroatoms.